The first-order valence-corrected chi connectivity index (χ1v) is 5.78. The van der Waals surface area contributed by atoms with E-state index in [1.165, 1.54) is 0 Å². The molecule has 1 aromatic heterocycles. The van der Waals surface area contributed by atoms with E-state index in [0.29, 0.717) is 6.54 Å². The number of hydrogen-bond donors (Lipinski definition) is 2. The molecule has 1 heterocycles. The monoisotopic (exact) mass is 272 g/mol. The van der Waals surface area contributed by atoms with Crippen LogP contribution in [0.4, 0.5) is 5.69 Å². The third kappa shape index (κ3) is 3.80. The van der Waals surface area contributed by atoms with Crippen LogP contribution >= 0.6 is 15.9 Å². The summed E-state index contributed by atoms with van der Waals surface area (Å²) in [6, 6.07) is 1.93. The molecule has 0 aliphatic heterocycles. The van der Waals surface area contributed by atoms with Gasteiger partial charge in [0.1, 0.15) is 0 Å². The van der Waals surface area contributed by atoms with Crippen molar-refractivity contribution in [2.75, 3.05) is 11.9 Å². The molecule has 0 fully saturated rings. The van der Waals surface area contributed by atoms with Crippen molar-refractivity contribution in [3.63, 3.8) is 0 Å². The third-order valence-corrected chi connectivity index (χ3v) is 3.03. The van der Waals surface area contributed by atoms with E-state index in [1.807, 2.05) is 26.8 Å². The summed E-state index contributed by atoms with van der Waals surface area (Å²) < 4.78 is 0.927. The molecule has 1 atom stereocenters. The molecule has 84 valence electrons. The number of aliphatic hydroxyl groups is 1. The van der Waals surface area contributed by atoms with Crippen molar-refractivity contribution in [2.24, 2.45) is 5.92 Å². The number of rotatable bonds is 4. The standard InChI is InChI=1S/C11H17BrN2O/c1-8(2)11(3,15)7-14-10-4-9(12)5-13-6-10/h4-6,8,14-15H,7H2,1-3H3/t11-/m1/s1. The van der Waals surface area contributed by atoms with Crippen LogP contribution in [0.3, 0.4) is 0 Å². The average Bonchev–Trinajstić information content (AvgIpc) is 2.15. The zero-order valence-electron chi connectivity index (χ0n) is 9.29. The Morgan fingerprint density at radius 3 is 2.73 bits per heavy atom. The topological polar surface area (TPSA) is 45.1 Å². The molecule has 2 N–H and O–H groups in total. The Morgan fingerprint density at radius 1 is 1.53 bits per heavy atom. The van der Waals surface area contributed by atoms with Gasteiger partial charge in [-0.05, 0) is 34.8 Å². The number of anilines is 1. The zero-order valence-corrected chi connectivity index (χ0v) is 10.9. The van der Waals surface area contributed by atoms with Gasteiger partial charge >= 0.3 is 0 Å². The lowest BCUT2D eigenvalue weighted by Gasteiger charge is -2.28. The van der Waals surface area contributed by atoms with Crippen LogP contribution in [0.1, 0.15) is 20.8 Å². The van der Waals surface area contributed by atoms with Crippen LogP contribution in [0.5, 0.6) is 0 Å². The third-order valence-electron chi connectivity index (χ3n) is 2.60. The van der Waals surface area contributed by atoms with Gasteiger partial charge in [-0.3, -0.25) is 4.98 Å². The Morgan fingerprint density at radius 2 is 2.20 bits per heavy atom. The zero-order chi connectivity index (χ0) is 11.5. The largest absolute Gasteiger partial charge is 0.388 e. The summed E-state index contributed by atoms with van der Waals surface area (Å²) in [5, 5.41) is 13.2. The minimum absolute atomic E-state index is 0.213. The molecule has 0 radical (unpaired) electrons. The van der Waals surface area contributed by atoms with E-state index in [0.717, 1.165) is 10.2 Å². The number of hydrogen-bond acceptors (Lipinski definition) is 3. The van der Waals surface area contributed by atoms with Crippen LogP contribution in [0.15, 0.2) is 22.9 Å². The molecule has 4 heteroatoms. The van der Waals surface area contributed by atoms with E-state index in [2.05, 4.69) is 26.2 Å². The number of nitrogens with zero attached hydrogens (tertiary/aromatic N) is 1. The molecule has 3 nitrogen and oxygen atoms in total. The molecule has 0 bridgehead atoms. The molecule has 0 unspecified atom stereocenters. The molecule has 0 amide bonds. The minimum atomic E-state index is -0.706. The first-order chi connectivity index (χ1) is 6.92. The lowest BCUT2D eigenvalue weighted by atomic mass is 9.92. The smallest absolute Gasteiger partial charge is 0.0813 e. The number of halogens is 1. The molecule has 0 aliphatic carbocycles. The second-order valence-corrected chi connectivity index (χ2v) is 5.17. The van der Waals surface area contributed by atoms with Crippen LogP contribution in [-0.4, -0.2) is 22.2 Å². The summed E-state index contributed by atoms with van der Waals surface area (Å²) in [5.74, 6) is 0.213. The van der Waals surface area contributed by atoms with Gasteiger partial charge in [-0.2, -0.15) is 0 Å². The highest BCUT2D eigenvalue weighted by molar-refractivity contribution is 9.10. The van der Waals surface area contributed by atoms with E-state index in [4.69, 9.17) is 0 Å². The Kier molecular flexibility index (Phi) is 4.11. The second-order valence-electron chi connectivity index (χ2n) is 4.26. The minimum Gasteiger partial charge on any atom is -0.388 e. The van der Waals surface area contributed by atoms with Crippen molar-refractivity contribution >= 4 is 21.6 Å². The lowest BCUT2D eigenvalue weighted by molar-refractivity contribution is 0.0266. The summed E-state index contributed by atoms with van der Waals surface area (Å²) in [4.78, 5) is 4.04. The van der Waals surface area contributed by atoms with E-state index in [9.17, 15) is 5.11 Å². The molecule has 1 rings (SSSR count). The molecular weight excluding hydrogens is 256 g/mol. The van der Waals surface area contributed by atoms with Gasteiger partial charge in [0.25, 0.3) is 0 Å². The van der Waals surface area contributed by atoms with Crippen molar-refractivity contribution in [2.45, 2.75) is 26.4 Å². The first-order valence-electron chi connectivity index (χ1n) is 4.98. The van der Waals surface area contributed by atoms with E-state index in [1.54, 1.807) is 12.4 Å². The summed E-state index contributed by atoms with van der Waals surface area (Å²) in [5.41, 5.74) is 0.202. The molecular formula is C11H17BrN2O. The number of nitrogens with one attached hydrogen (secondary N) is 1. The van der Waals surface area contributed by atoms with Crippen molar-refractivity contribution in [3.05, 3.63) is 22.9 Å². The van der Waals surface area contributed by atoms with Crippen molar-refractivity contribution in [1.82, 2.24) is 4.98 Å². The van der Waals surface area contributed by atoms with Crippen molar-refractivity contribution in [3.8, 4) is 0 Å². The van der Waals surface area contributed by atoms with Crippen LogP contribution in [0.2, 0.25) is 0 Å². The van der Waals surface area contributed by atoms with Gasteiger partial charge in [-0.25, -0.2) is 0 Å². The molecule has 0 saturated heterocycles. The number of aromatic nitrogens is 1. The summed E-state index contributed by atoms with van der Waals surface area (Å²) in [6.07, 6.45) is 3.47. The predicted molar refractivity (Wildman–Crippen MR) is 65.9 cm³/mol. The Balaban J connectivity index is 2.57. The molecule has 0 aliphatic rings. The highest BCUT2D eigenvalue weighted by atomic mass is 79.9. The van der Waals surface area contributed by atoms with Gasteiger partial charge in [0.05, 0.1) is 17.5 Å². The van der Waals surface area contributed by atoms with Crippen molar-refractivity contribution < 1.29 is 5.11 Å². The van der Waals surface area contributed by atoms with Crippen LogP contribution in [0.25, 0.3) is 0 Å². The van der Waals surface area contributed by atoms with Gasteiger partial charge < -0.3 is 10.4 Å². The SMILES string of the molecule is CC(C)[C@](C)(O)CNc1cncc(Br)c1. The molecule has 0 aromatic carbocycles. The van der Waals surface area contributed by atoms with E-state index in [-0.39, 0.29) is 5.92 Å². The quantitative estimate of drug-likeness (QED) is 0.886. The maximum atomic E-state index is 10.0. The number of pyridine rings is 1. The van der Waals surface area contributed by atoms with Gasteiger partial charge in [0, 0.05) is 17.2 Å². The fraction of sp³-hybridized carbons (Fsp3) is 0.545. The molecule has 15 heavy (non-hydrogen) atoms. The van der Waals surface area contributed by atoms with Gasteiger partial charge in [0.2, 0.25) is 0 Å². The van der Waals surface area contributed by atoms with Crippen molar-refractivity contribution in [1.29, 1.82) is 0 Å². The van der Waals surface area contributed by atoms with E-state index >= 15 is 0 Å². The molecule has 1 aromatic rings. The van der Waals surface area contributed by atoms with Gasteiger partial charge in [-0.15, -0.1) is 0 Å². The lowest BCUT2D eigenvalue weighted by Crippen LogP contribution is -2.38. The van der Waals surface area contributed by atoms with Gasteiger partial charge in [-0.1, -0.05) is 13.8 Å². The second kappa shape index (κ2) is 4.94. The maximum absolute atomic E-state index is 10.0. The van der Waals surface area contributed by atoms with Crippen LogP contribution in [-0.2, 0) is 0 Å². The highest BCUT2D eigenvalue weighted by Crippen LogP contribution is 2.18. The predicted octanol–water partition coefficient (Wildman–Crippen LogP) is 2.66. The Labute approximate surface area is 99.1 Å². The van der Waals surface area contributed by atoms with E-state index < -0.39 is 5.60 Å². The van der Waals surface area contributed by atoms with Gasteiger partial charge in [0.15, 0.2) is 0 Å². The highest BCUT2D eigenvalue weighted by Gasteiger charge is 2.24. The summed E-state index contributed by atoms with van der Waals surface area (Å²) >= 11 is 3.35. The fourth-order valence-corrected chi connectivity index (χ4v) is 1.36. The average molecular weight is 273 g/mol. The van der Waals surface area contributed by atoms with Crippen LogP contribution in [0, 0.1) is 5.92 Å². The Bertz CT molecular complexity index is 326. The Hall–Kier alpha value is -0.610. The maximum Gasteiger partial charge on any atom is 0.0813 e. The summed E-state index contributed by atoms with van der Waals surface area (Å²) in [7, 11) is 0. The molecule has 0 saturated carbocycles. The fourth-order valence-electron chi connectivity index (χ4n) is 0.994. The molecule has 0 spiro atoms. The summed E-state index contributed by atoms with van der Waals surface area (Å²) in [6.45, 7) is 6.35. The normalized spacial score (nSPS) is 15.1. The first kappa shape index (κ1) is 12.5. The van der Waals surface area contributed by atoms with Crippen LogP contribution < -0.4 is 5.32 Å².